The molecule has 0 saturated carbocycles. The maximum Gasteiger partial charge on any atom is 0.258 e. The van der Waals surface area contributed by atoms with Gasteiger partial charge in [-0.2, -0.15) is 4.98 Å². The Kier molecular flexibility index (Phi) is 3.84. The van der Waals surface area contributed by atoms with Gasteiger partial charge in [-0.05, 0) is 48.0 Å². The summed E-state index contributed by atoms with van der Waals surface area (Å²) in [7, 11) is 0. The highest BCUT2D eigenvalue weighted by Gasteiger charge is 2.13. The molecule has 6 nitrogen and oxygen atoms in total. The highest BCUT2D eigenvalue weighted by Crippen LogP contribution is 2.27. The van der Waals surface area contributed by atoms with E-state index in [1.807, 2.05) is 54.6 Å². The fraction of sp³-hybridized carbons (Fsp3) is 0. The quantitative estimate of drug-likeness (QED) is 0.575. The molecule has 4 rings (SSSR count). The average Bonchev–Trinajstić information content (AvgIpc) is 3.19. The predicted octanol–water partition coefficient (Wildman–Crippen LogP) is 3.86. The Hall–Kier alpha value is -3.67. The third-order valence-corrected chi connectivity index (χ3v) is 3.65. The van der Waals surface area contributed by atoms with Crippen molar-refractivity contribution in [2.75, 3.05) is 0 Å². The summed E-state index contributed by atoms with van der Waals surface area (Å²) in [5.74, 6) is 0.803. The summed E-state index contributed by atoms with van der Waals surface area (Å²) < 4.78 is 5.40. The molecule has 1 N–H and O–H groups in total. The molecule has 0 saturated heterocycles. The zero-order valence-electron chi connectivity index (χ0n) is 13.1. The van der Waals surface area contributed by atoms with Crippen molar-refractivity contribution in [3.8, 4) is 34.2 Å². The first kappa shape index (κ1) is 14.9. The number of pyridine rings is 2. The largest absolute Gasteiger partial charge is 0.334 e. The van der Waals surface area contributed by atoms with Crippen LogP contribution in [0.2, 0.25) is 0 Å². The highest BCUT2D eigenvalue weighted by atomic mass is 16.5. The van der Waals surface area contributed by atoms with E-state index in [0.29, 0.717) is 17.4 Å². The van der Waals surface area contributed by atoms with Crippen molar-refractivity contribution in [2.24, 2.45) is 0 Å². The van der Waals surface area contributed by atoms with E-state index in [1.54, 1.807) is 12.4 Å². The smallest absolute Gasteiger partial charge is 0.258 e. The number of nitrogens with zero attached hydrogens (tertiary/aromatic N) is 4. The maximum absolute atomic E-state index is 7.58. The van der Waals surface area contributed by atoms with Crippen LogP contribution in [0.25, 0.3) is 34.2 Å². The topological polar surface area (TPSA) is 88.5 Å². The number of hydrogen-bond acceptors (Lipinski definition) is 6. The SMILES string of the molecule is N=Cc1cc(-c2ccccn2)cc(-c2nc(-c3ccccn3)no2)c1. The fourth-order valence-electron chi connectivity index (χ4n) is 2.48. The van der Waals surface area contributed by atoms with Crippen LogP contribution in [0.1, 0.15) is 5.56 Å². The van der Waals surface area contributed by atoms with Gasteiger partial charge in [0.25, 0.3) is 5.89 Å². The van der Waals surface area contributed by atoms with Gasteiger partial charge >= 0.3 is 0 Å². The van der Waals surface area contributed by atoms with Gasteiger partial charge in [0.1, 0.15) is 5.69 Å². The first-order valence-corrected chi connectivity index (χ1v) is 7.66. The molecule has 3 aromatic heterocycles. The lowest BCUT2D eigenvalue weighted by atomic mass is 10.0. The summed E-state index contributed by atoms with van der Waals surface area (Å²) in [6.07, 6.45) is 4.70. The van der Waals surface area contributed by atoms with E-state index in [9.17, 15) is 0 Å². The lowest BCUT2D eigenvalue weighted by Gasteiger charge is -2.04. The van der Waals surface area contributed by atoms with Crippen molar-refractivity contribution < 1.29 is 4.52 Å². The molecule has 0 atom stereocenters. The van der Waals surface area contributed by atoms with Crippen LogP contribution in [-0.4, -0.2) is 26.3 Å². The summed E-state index contributed by atoms with van der Waals surface area (Å²) in [5.41, 5.74) is 3.81. The van der Waals surface area contributed by atoms with Gasteiger partial charge in [0, 0.05) is 29.7 Å². The van der Waals surface area contributed by atoms with Crippen LogP contribution in [0.3, 0.4) is 0 Å². The first-order chi connectivity index (χ1) is 12.3. The number of hydrogen-bond donors (Lipinski definition) is 1. The Morgan fingerprint density at radius 1 is 0.840 bits per heavy atom. The summed E-state index contributed by atoms with van der Waals surface area (Å²) in [6, 6.07) is 16.9. The van der Waals surface area contributed by atoms with Gasteiger partial charge in [0.05, 0.1) is 5.69 Å². The van der Waals surface area contributed by atoms with Gasteiger partial charge in [-0.3, -0.25) is 9.97 Å². The zero-order chi connectivity index (χ0) is 17.1. The molecule has 0 spiro atoms. The second kappa shape index (κ2) is 6.45. The minimum Gasteiger partial charge on any atom is -0.334 e. The molecule has 6 heteroatoms. The van der Waals surface area contributed by atoms with E-state index >= 15 is 0 Å². The third-order valence-electron chi connectivity index (χ3n) is 3.65. The van der Waals surface area contributed by atoms with Gasteiger partial charge in [-0.25, -0.2) is 0 Å². The van der Waals surface area contributed by atoms with E-state index in [4.69, 9.17) is 9.93 Å². The van der Waals surface area contributed by atoms with Crippen LogP contribution >= 0.6 is 0 Å². The van der Waals surface area contributed by atoms with Gasteiger partial charge < -0.3 is 9.93 Å². The molecule has 0 amide bonds. The van der Waals surface area contributed by atoms with Crippen LogP contribution in [0, 0.1) is 5.41 Å². The van der Waals surface area contributed by atoms with Crippen molar-refractivity contribution in [2.45, 2.75) is 0 Å². The lowest BCUT2D eigenvalue weighted by molar-refractivity contribution is 0.432. The Balaban J connectivity index is 1.78. The molecule has 0 radical (unpaired) electrons. The number of rotatable bonds is 4. The van der Waals surface area contributed by atoms with E-state index < -0.39 is 0 Å². The lowest BCUT2D eigenvalue weighted by Crippen LogP contribution is -1.89. The fourth-order valence-corrected chi connectivity index (χ4v) is 2.48. The highest BCUT2D eigenvalue weighted by molar-refractivity contribution is 5.83. The van der Waals surface area contributed by atoms with Crippen LogP contribution < -0.4 is 0 Å². The standard InChI is InChI=1S/C19H13N5O/c20-12-13-9-14(16-5-1-3-7-21-16)11-15(10-13)19-23-18(24-25-19)17-6-2-4-8-22-17/h1-12,20H. The Bertz CT molecular complexity index is 1010. The van der Waals surface area contributed by atoms with Gasteiger partial charge in [-0.1, -0.05) is 17.3 Å². The molecular formula is C19H13N5O. The average molecular weight is 327 g/mol. The van der Waals surface area contributed by atoms with E-state index in [-0.39, 0.29) is 0 Å². The molecule has 0 unspecified atom stereocenters. The molecule has 0 bridgehead atoms. The number of aromatic nitrogens is 4. The van der Waals surface area contributed by atoms with Crippen LogP contribution in [0.15, 0.2) is 71.5 Å². The molecule has 0 fully saturated rings. The second-order valence-corrected chi connectivity index (χ2v) is 5.34. The molecule has 120 valence electrons. The molecule has 3 heterocycles. The van der Waals surface area contributed by atoms with Crippen molar-refractivity contribution in [1.82, 2.24) is 20.1 Å². The summed E-state index contributed by atoms with van der Waals surface area (Å²) in [4.78, 5) is 13.0. The molecule has 0 aliphatic heterocycles. The first-order valence-electron chi connectivity index (χ1n) is 7.66. The molecular weight excluding hydrogens is 314 g/mol. The summed E-state index contributed by atoms with van der Waals surface area (Å²) in [5, 5.41) is 11.6. The summed E-state index contributed by atoms with van der Waals surface area (Å²) in [6.45, 7) is 0. The third kappa shape index (κ3) is 3.05. The molecule has 1 aromatic carbocycles. The van der Waals surface area contributed by atoms with Crippen molar-refractivity contribution >= 4 is 6.21 Å². The van der Waals surface area contributed by atoms with Crippen molar-refractivity contribution in [1.29, 1.82) is 5.41 Å². The zero-order valence-corrected chi connectivity index (χ0v) is 13.1. The monoisotopic (exact) mass is 327 g/mol. The number of nitrogens with one attached hydrogen (secondary N) is 1. The predicted molar refractivity (Wildman–Crippen MR) is 94.1 cm³/mol. The Labute approximate surface area is 143 Å². The minimum absolute atomic E-state index is 0.376. The summed E-state index contributed by atoms with van der Waals surface area (Å²) >= 11 is 0. The van der Waals surface area contributed by atoms with Crippen LogP contribution in [-0.2, 0) is 0 Å². The van der Waals surface area contributed by atoms with E-state index in [1.165, 1.54) is 6.21 Å². The molecule has 25 heavy (non-hydrogen) atoms. The minimum atomic E-state index is 0.376. The maximum atomic E-state index is 7.58. The molecule has 4 aromatic rings. The van der Waals surface area contributed by atoms with Crippen molar-refractivity contribution in [3.63, 3.8) is 0 Å². The second-order valence-electron chi connectivity index (χ2n) is 5.34. The van der Waals surface area contributed by atoms with E-state index in [0.717, 1.165) is 22.4 Å². The van der Waals surface area contributed by atoms with E-state index in [2.05, 4.69) is 20.1 Å². The Morgan fingerprint density at radius 2 is 1.56 bits per heavy atom. The normalized spacial score (nSPS) is 10.6. The Morgan fingerprint density at radius 3 is 2.24 bits per heavy atom. The van der Waals surface area contributed by atoms with Gasteiger partial charge in [-0.15, -0.1) is 0 Å². The van der Waals surface area contributed by atoms with Gasteiger partial charge in [0.2, 0.25) is 5.82 Å². The van der Waals surface area contributed by atoms with Crippen LogP contribution in [0.4, 0.5) is 0 Å². The number of benzene rings is 1. The van der Waals surface area contributed by atoms with Crippen molar-refractivity contribution in [3.05, 3.63) is 72.6 Å². The molecule has 0 aliphatic carbocycles. The molecule has 0 aliphatic rings. The van der Waals surface area contributed by atoms with Gasteiger partial charge in [0.15, 0.2) is 0 Å². The van der Waals surface area contributed by atoms with Crippen LogP contribution in [0.5, 0.6) is 0 Å².